The van der Waals surface area contributed by atoms with Gasteiger partial charge in [0.15, 0.2) is 0 Å². The number of piperidine rings is 1. The lowest BCUT2D eigenvalue weighted by Crippen LogP contribution is -2.50. The molecule has 0 aromatic heterocycles. The Hall–Kier alpha value is -1.42. The van der Waals surface area contributed by atoms with E-state index >= 15 is 0 Å². The van der Waals surface area contributed by atoms with Crippen molar-refractivity contribution in [2.45, 2.75) is 57.7 Å². The van der Waals surface area contributed by atoms with Crippen molar-refractivity contribution < 1.29 is 9.18 Å². The van der Waals surface area contributed by atoms with Gasteiger partial charge in [-0.3, -0.25) is 4.79 Å². The second-order valence-corrected chi connectivity index (χ2v) is 6.31. The molecule has 2 aliphatic heterocycles. The summed E-state index contributed by atoms with van der Waals surface area (Å²) < 4.78 is 13.5. The fraction of sp³-hybridized carbons (Fsp3) is 0.588. The minimum absolute atomic E-state index is 0.0270. The van der Waals surface area contributed by atoms with E-state index in [-0.39, 0.29) is 17.8 Å². The molecule has 0 saturated carbocycles. The average molecular weight is 290 g/mol. The van der Waals surface area contributed by atoms with Crippen LogP contribution in [0.5, 0.6) is 0 Å². The molecule has 4 heteroatoms. The molecular weight excluding hydrogens is 267 g/mol. The third-order valence-electron chi connectivity index (χ3n) is 4.92. The van der Waals surface area contributed by atoms with Crippen LogP contribution in [0.4, 0.5) is 4.39 Å². The molecule has 3 rings (SSSR count). The number of amides is 1. The van der Waals surface area contributed by atoms with Gasteiger partial charge in [0.25, 0.3) is 5.91 Å². The van der Waals surface area contributed by atoms with E-state index in [4.69, 9.17) is 0 Å². The van der Waals surface area contributed by atoms with E-state index in [9.17, 15) is 9.18 Å². The number of carbonyl (C=O) groups is 1. The molecule has 2 aliphatic rings. The van der Waals surface area contributed by atoms with Crippen molar-refractivity contribution in [2.24, 2.45) is 0 Å². The first-order valence-corrected chi connectivity index (χ1v) is 7.91. The predicted molar refractivity (Wildman–Crippen MR) is 80.8 cm³/mol. The highest BCUT2D eigenvalue weighted by atomic mass is 19.1. The number of hydrogen-bond acceptors (Lipinski definition) is 2. The second-order valence-electron chi connectivity index (χ2n) is 6.31. The summed E-state index contributed by atoms with van der Waals surface area (Å²) in [4.78, 5) is 14.8. The number of fused-ring (bicyclic) bond motifs is 2. The van der Waals surface area contributed by atoms with Gasteiger partial charge in [0.1, 0.15) is 5.82 Å². The Balaban J connectivity index is 1.82. The lowest BCUT2D eigenvalue weighted by molar-refractivity contribution is 0.0630. The maximum absolute atomic E-state index is 13.5. The number of aryl methyl sites for hydroxylation is 1. The molecule has 3 nitrogen and oxygen atoms in total. The summed E-state index contributed by atoms with van der Waals surface area (Å²) in [6.45, 7) is 4.56. The van der Waals surface area contributed by atoms with Gasteiger partial charge in [0, 0.05) is 30.2 Å². The number of nitrogens with one attached hydrogen (secondary N) is 1. The lowest BCUT2D eigenvalue weighted by Gasteiger charge is -2.37. The zero-order valence-electron chi connectivity index (χ0n) is 12.7. The molecule has 0 radical (unpaired) electrons. The van der Waals surface area contributed by atoms with Gasteiger partial charge < -0.3 is 10.2 Å². The highest BCUT2D eigenvalue weighted by Gasteiger charge is 2.37. The Morgan fingerprint density at radius 2 is 2.00 bits per heavy atom. The highest BCUT2D eigenvalue weighted by molar-refractivity contribution is 5.95. The first kappa shape index (κ1) is 14.5. The van der Waals surface area contributed by atoms with Crippen LogP contribution in [0, 0.1) is 12.7 Å². The minimum atomic E-state index is -0.342. The summed E-state index contributed by atoms with van der Waals surface area (Å²) in [5, 5.41) is 3.60. The summed E-state index contributed by atoms with van der Waals surface area (Å²) >= 11 is 0. The maximum Gasteiger partial charge on any atom is 0.254 e. The Kier molecular flexibility index (Phi) is 3.98. The molecule has 2 heterocycles. The van der Waals surface area contributed by atoms with Crippen LogP contribution in [-0.4, -0.2) is 35.5 Å². The zero-order valence-corrected chi connectivity index (χ0v) is 12.7. The fourth-order valence-corrected chi connectivity index (χ4v) is 3.83. The summed E-state index contributed by atoms with van der Waals surface area (Å²) in [5.74, 6) is -0.369. The van der Waals surface area contributed by atoms with Crippen LogP contribution >= 0.6 is 0 Å². The normalized spacial score (nSPS) is 27.7. The number of benzene rings is 1. The van der Waals surface area contributed by atoms with E-state index in [0.717, 1.165) is 18.4 Å². The van der Waals surface area contributed by atoms with Crippen LogP contribution in [0.1, 0.15) is 48.5 Å². The van der Waals surface area contributed by atoms with Crippen LogP contribution in [0.2, 0.25) is 0 Å². The van der Waals surface area contributed by atoms with Crippen molar-refractivity contribution in [3.05, 3.63) is 35.1 Å². The van der Waals surface area contributed by atoms with Crippen molar-refractivity contribution >= 4 is 5.91 Å². The topological polar surface area (TPSA) is 32.3 Å². The fourth-order valence-electron chi connectivity index (χ4n) is 3.83. The van der Waals surface area contributed by atoms with E-state index in [1.807, 2.05) is 18.7 Å². The van der Waals surface area contributed by atoms with E-state index in [2.05, 4.69) is 5.32 Å². The van der Waals surface area contributed by atoms with Crippen LogP contribution in [-0.2, 0) is 0 Å². The monoisotopic (exact) mass is 290 g/mol. The van der Waals surface area contributed by atoms with Crippen molar-refractivity contribution in [3.63, 3.8) is 0 Å². The van der Waals surface area contributed by atoms with Crippen LogP contribution < -0.4 is 5.32 Å². The molecule has 2 fully saturated rings. The van der Waals surface area contributed by atoms with E-state index in [1.165, 1.54) is 25.0 Å². The summed E-state index contributed by atoms with van der Waals surface area (Å²) in [6.07, 6.45) is 4.46. The van der Waals surface area contributed by atoms with Crippen molar-refractivity contribution in [1.29, 1.82) is 0 Å². The molecule has 2 bridgehead atoms. The quantitative estimate of drug-likeness (QED) is 0.928. The molecule has 21 heavy (non-hydrogen) atoms. The molecule has 2 unspecified atom stereocenters. The summed E-state index contributed by atoms with van der Waals surface area (Å²) in [7, 11) is 0. The molecule has 0 spiro atoms. The van der Waals surface area contributed by atoms with Crippen molar-refractivity contribution in [1.82, 2.24) is 10.2 Å². The Morgan fingerprint density at radius 3 is 2.62 bits per heavy atom. The molecule has 2 atom stereocenters. The maximum atomic E-state index is 13.5. The Bertz CT molecular complexity index is 534. The van der Waals surface area contributed by atoms with Crippen LogP contribution in [0.15, 0.2) is 18.2 Å². The van der Waals surface area contributed by atoms with Gasteiger partial charge in [-0.1, -0.05) is 6.07 Å². The van der Waals surface area contributed by atoms with Crippen molar-refractivity contribution in [2.75, 3.05) is 6.54 Å². The van der Waals surface area contributed by atoms with Crippen LogP contribution in [0.25, 0.3) is 0 Å². The molecule has 1 amide bonds. The first-order chi connectivity index (χ1) is 10.1. The largest absolute Gasteiger partial charge is 0.336 e. The standard InChI is InChI=1S/C17H23FN2O/c1-3-20(15-9-13-6-7-14(10-15)19-13)17(21)16-8-12(18)5-4-11(16)2/h4-5,8,13-15,19H,3,6-7,9-10H2,1-2H3. The molecule has 114 valence electrons. The summed E-state index contributed by atoms with van der Waals surface area (Å²) in [5.41, 5.74) is 1.35. The number of hydrogen-bond donors (Lipinski definition) is 1. The molecule has 1 N–H and O–H groups in total. The summed E-state index contributed by atoms with van der Waals surface area (Å²) in [6, 6.07) is 5.84. The predicted octanol–water partition coefficient (Wildman–Crippen LogP) is 2.88. The Labute approximate surface area is 125 Å². The van der Waals surface area contributed by atoms with Gasteiger partial charge in [-0.2, -0.15) is 0 Å². The number of rotatable bonds is 3. The van der Waals surface area contributed by atoms with Gasteiger partial charge in [-0.05, 0) is 57.2 Å². The zero-order chi connectivity index (χ0) is 15.0. The number of halogens is 1. The van der Waals surface area contributed by atoms with E-state index in [1.54, 1.807) is 6.07 Å². The van der Waals surface area contributed by atoms with Crippen LogP contribution in [0.3, 0.4) is 0 Å². The van der Waals surface area contributed by atoms with E-state index < -0.39 is 0 Å². The van der Waals surface area contributed by atoms with Crippen molar-refractivity contribution in [3.8, 4) is 0 Å². The smallest absolute Gasteiger partial charge is 0.254 e. The molecule has 1 aromatic rings. The minimum Gasteiger partial charge on any atom is -0.336 e. The molecular formula is C17H23FN2O. The lowest BCUT2D eigenvalue weighted by atomic mass is 9.96. The second kappa shape index (κ2) is 5.76. The van der Waals surface area contributed by atoms with Gasteiger partial charge in [0.05, 0.1) is 0 Å². The third-order valence-corrected chi connectivity index (χ3v) is 4.92. The molecule has 0 aliphatic carbocycles. The third kappa shape index (κ3) is 2.82. The number of nitrogens with zero attached hydrogens (tertiary/aromatic N) is 1. The Morgan fingerprint density at radius 1 is 1.33 bits per heavy atom. The van der Waals surface area contributed by atoms with Gasteiger partial charge >= 0.3 is 0 Å². The van der Waals surface area contributed by atoms with Gasteiger partial charge in [-0.25, -0.2) is 4.39 Å². The highest BCUT2D eigenvalue weighted by Crippen LogP contribution is 2.30. The number of carbonyl (C=O) groups excluding carboxylic acids is 1. The first-order valence-electron chi connectivity index (χ1n) is 7.91. The SMILES string of the molecule is CCN(C(=O)c1cc(F)ccc1C)C1CC2CCC(C1)N2. The molecule has 2 saturated heterocycles. The van der Waals surface area contributed by atoms with Gasteiger partial charge in [0.2, 0.25) is 0 Å². The average Bonchev–Trinajstić information content (AvgIpc) is 2.81. The molecule has 1 aromatic carbocycles. The van der Waals surface area contributed by atoms with E-state index in [0.29, 0.717) is 24.2 Å². The van der Waals surface area contributed by atoms with Gasteiger partial charge in [-0.15, -0.1) is 0 Å².